The molecule has 6 heteroatoms. The molecular formula is C16H20F2O4. The van der Waals surface area contributed by atoms with Gasteiger partial charge in [-0.25, -0.2) is 8.78 Å². The van der Waals surface area contributed by atoms with Crippen LogP contribution in [0.25, 0.3) is 0 Å². The summed E-state index contributed by atoms with van der Waals surface area (Å²) in [5.74, 6) is -1.61. The minimum atomic E-state index is -1.30. The second-order valence-corrected chi connectivity index (χ2v) is 5.79. The molecule has 1 unspecified atom stereocenters. The first-order chi connectivity index (χ1) is 10.6. The van der Waals surface area contributed by atoms with Gasteiger partial charge >= 0.3 is 0 Å². The molecule has 5 atom stereocenters. The fourth-order valence-electron chi connectivity index (χ4n) is 2.87. The maximum atomic E-state index is 13.7. The molecule has 1 aromatic carbocycles. The van der Waals surface area contributed by atoms with Gasteiger partial charge in [0.25, 0.3) is 0 Å². The Morgan fingerprint density at radius 2 is 2.05 bits per heavy atom. The molecule has 2 heterocycles. The molecule has 0 aliphatic carbocycles. The lowest BCUT2D eigenvalue weighted by molar-refractivity contribution is -0.233. The van der Waals surface area contributed by atoms with Gasteiger partial charge in [-0.3, -0.25) is 0 Å². The molecule has 0 aromatic heterocycles. The van der Waals surface area contributed by atoms with E-state index in [-0.39, 0.29) is 18.5 Å². The largest absolute Gasteiger partial charge is 0.368 e. The Morgan fingerprint density at radius 1 is 1.27 bits per heavy atom. The summed E-state index contributed by atoms with van der Waals surface area (Å²) in [6.45, 7) is 2.83. The van der Waals surface area contributed by atoms with Crippen molar-refractivity contribution in [3.05, 3.63) is 35.6 Å². The van der Waals surface area contributed by atoms with E-state index in [1.54, 1.807) is 18.2 Å². The smallest absolute Gasteiger partial charge is 0.197 e. The van der Waals surface area contributed by atoms with Crippen LogP contribution in [0.5, 0.6) is 0 Å². The van der Waals surface area contributed by atoms with Gasteiger partial charge in [0.1, 0.15) is 24.7 Å². The third kappa shape index (κ3) is 2.88. The minimum Gasteiger partial charge on any atom is -0.368 e. The van der Waals surface area contributed by atoms with E-state index in [0.29, 0.717) is 12.0 Å². The van der Waals surface area contributed by atoms with Gasteiger partial charge in [0.2, 0.25) is 0 Å². The summed E-state index contributed by atoms with van der Waals surface area (Å²) in [6.07, 6.45) is -1.07. The van der Waals surface area contributed by atoms with Crippen LogP contribution in [0, 0.1) is 5.82 Å². The highest BCUT2D eigenvalue weighted by Crippen LogP contribution is 2.40. The van der Waals surface area contributed by atoms with Gasteiger partial charge in [0, 0.05) is 5.56 Å². The topological polar surface area (TPSA) is 36.9 Å². The van der Waals surface area contributed by atoms with Crippen LogP contribution in [0.1, 0.15) is 25.8 Å². The van der Waals surface area contributed by atoms with E-state index in [9.17, 15) is 8.78 Å². The highest BCUT2D eigenvalue weighted by Gasteiger charge is 2.56. The van der Waals surface area contributed by atoms with Crippen molar-refractivity contribution in [2.75, 3.05) is 6.67 Å². The maximum Gasteiger partial charge on any atom is 0.197 e. The molecule has 0 bridgehead atoms. The van der Waals surface area contributed by atoms with E-state index < -0.39 is 31.0 Å². The molecule has 2 aliphatic rings. The predicted octanol–water partition coefficient (Wildman–Crippen LogP) is 2.95. The Kier molecular flexibility index (Phi) is 4.45. The zero-order valence-corrected chi connectivity index (χ0v) is 12.6. The molecule has 0 radical (unpaired) electrons. The van der Waals surface area contributed by atoms with Crippen LogP contribution < -0.4 is 0 Å². The summed E-state index contributed by atoms with van der Waals surface area (Å²) < 4.78 is 49.4. The van der Waals surface area contributed by atoms with Crippen LogP contribution in [-0.2, 0) is 25.6 Å². The molecule has 0 spiro atoms. The third-order valence-corrected chi connectivity index (χ3v) is 4.05. The van der Waals surface area contributed by atoms with Crippen LogP contribution in [0.4, 0.5) is 8.78 Å². The SMILES string of the molecule is CC[C@H]1O[C@@H]2OC(C)(CF)O[C@@H]2[C@H]1OCc1ccccc1F. The standard InChI is InChI=1S/C16H20F2O4/c1-3-12-13(19-8-10-6-4-5-7-11(10)18)14-15(20-12)22-16(2,9-17)21-14/h4-7,12-15H,3,8-9H2,1-2H3/t12-,13+,14-,15-,16?/m1/s1. The van der Waals surface area contributed by atoms with Crippen molar-refractivity contribution in [2.45, 2.75) is 57.3 Å². The zero-order chi connectivity index (χ0) is 15.7. The second-order valence-electron chi connectivity index (χ2n) is 5.79. The Bertz CT molecular complexity index is 527. The molecule has 2 saturated heterocycles. The van der Waals surface area contributed by atoms with Gasteiger partial charge in [-0.1, -0.05) is 25.1 Å². The van der Waals surface area contributed by atoms with Crippen LogP contribution >= 0.6 is 0 Å². The van der Waals surface area contributed by atoms with Crippen molar-refractivity contribution in [3.63, 3.8) is 0 Å². The number of halogens is 2. The van der Waals surface area contributed by atoms with E-state index >= 15 is 0 Å². The Balaban J connectivity index is 1.69. The molecule has 2 fully saturated rings. The average molecular weight is 314 g/mol. The van der Waals surface area contributed by atoms with Crippen LogP contribution in [0.2, 0.25) is 0 Å². The van der Waals surface area contributed by atoms with Crippen molar-refractivity contribution in [2.24, 2.45) is 0 Å². The summed E-state index contributed by atoms with van der Waals surface area (Å²) in [5, 5.41) is 0. The molecular weight excluding hydrogens is 294 g/mol. The van der Waals surface area contributed by atoms with Crippen molar-refractivity contribution in [1.82, 2.24) is 0 Å². The molecule has 0 N–H and O–H groups in total. The zero-order valence-electron chi connectivity index (χ0n) is 12.6. The van der Waals surface area contributed by atoms with Crippen LogP contribution in [0.3, 0.4) is 0 Å². The van der Waals surface area contributed by atoms with Crippen LogP contribution in [0.15, 0.2) is 24.3 Å². The Hall–Kier alpha value is -1.08. The monoisotopic (exact) mass is 314 g/mol. The summed E-state index contributed by atoms with van der Waals surface area (Å²) >= 11 is 0. The Morgan fingerprint density at radius 3 is 2.73 bits per heavy atom. The fourth-order valence-corrected chi connectivity index (χ4v) is 2.87. The first-order valence-electron chi connectivity index (χ1n) is 7.48. The number of hydrogen-bond acceptors (Lipinski definition) is 4. The quantitative estimate of drug-likeness (QED) is 0.837. The van der Waals surface area contributed by atoms with Crippen molar-refractivity contribution in [1.29, 1.82) is 0 Å². The number of benzene rings is 1. The van der Waals surface area contributed by atoms with Gasteiger partial charge in [-0.15, -0.1) is 0 Å². The van der Waals surface area contributed by atoms with Crippen LogP contribution in [-0.4, -0.2) is 37.1 Å². The highest BCUT2D eigenvalue weighted by atomic mass is 19.1. The molecule has 2 aliphatic heterocycles. The van der Waals surface area contributed by atoms with E-state index in [0.717, 1.165) is 0 Å². The van der Waals surface area contributed by atoms with Crippen molar-refractivity contribution in [3.8, 4) is 0 Å². The number of rotatable bonds is 5. The fraction of sp³-hybridized carbons (Fsp3) is 0.625. The van der Waals surface area contributed by atoms with Gasteiger partial charge in [0.15, 0.2) is 12.1 Å². The van der Waals surface area contributed by atoms with E-state index in [1.165, 1.54) is 13.0 Å². The average Bonchev–Trinajstić information content (AvgIpc) is 3.00. The van der Waals surface area contributed by atoms with E-state index in [2.05, 4.69) is 0 Å². The summed E-state index contributed by atoms with van der Waals surface area (Å²) in [5.41, 5.74) is 0.466. The molecule has 0 amide bonds. The lowest BCUT2D eigenvalue weighted by Gasteiger charge is -2.26. The van der Waals surface area contributed by atoms with Gasteiger partial charge in [-0.2, -0.15) is 0 Å². The van der Waals surface area contributed by atoms with E-state index in [4.69, 9.17) is 18.9 Å². The van der Waals surface area contributed by atoms with E-state index in [1.807, 2.05) is 6.92 Å². The molecule has 1 aromatic rings. The van der Waals surface area contributed by atoms with Crippen molar-refractivity contribution < 1.29 is 27.7 Å². The predicted molar refractivity (Wildman–Crippen MR) is 74.3 cm³/mol. The number of fused-ring (bicyclic) bond motifs is 1. The lowest BCUT2D eigenvalue weighted by atomic mass is 10.1. The molecule has 22 heavy (non-hydrogen) atoms. The maximum absolute atomic E-state index is 13.7. The molecule has 122 valence electrons. The molecule has 3 rings (SSSR count). The van der Waals surface area contributed by atoms with Gasteiger partial charge in [-0.05, 0) is 19.4 Å². The third-order valence-electron chi connectivity index (χ3n) is 4.05. The van der Waals surface area contributed by atoms with Gasteiger partial charge < -0.3 is 18.9 Å². The molecule has 4 nitrogen and oxygen atoms in total. The first-order valence-corrected chi connectivity index (χ1v) is 7.48. The number of alkyl halides is 1. The van der Waals surface area contributed by atoms with Gasteiger partial charge in [0.05, 0.1) is 12.7 Å². The molecule has 0 saturated carbocycles. The highest BCUT2D eigenvalue weighted by molar-refractivity contribution is 5.16. The second kappa shape index (κ2) is 6.20. The minimum absolute atomic E-state index is 0.107. The first kappa shape index (κ1) is 15.8. The summed E-state index contributed by atoms with van der Waals surface area (Å²) in [7, 11) is 0. The summed E-state index contributed by atoms with van der Waals surface area (Å²) in [4.78, 5) is 0. The Labute approximate surface area is 128 Å². The normalized spacial score (nSPS) is 37.5. The lowest BCUT2D eigenvalue weighted by Crippen LogP contribution is -2.38. The van der Waals surface area contributed by atoms with Crippen molar-refractivity contribution >= 4 is 0 Å². The summed E-state index contributed by atoms with van der Waals surface area (Å²) in [6, 6.07) is 6.44. The number of hydrogen-bond donors (Lipinski definition) is 0. The number of ether oxygens (including phenoxy) is 4.